The van der Waals surface area contributed by atoms with E-state index in [2.05, 4.69) is 9.71 Å². The zero-order chi connectivity index (χ0) is 14.0. The number of nitrogens with two attached hydrogens (primary N) is 1. The fraction of sp³-hybridized carbons (Fsp3) is 0.182. The van der Waals surface area contributed by atoms with Crippen LogP contribution in [-0.4, -0.2) is 13.4 Å². The van der Waals surface area contributed by atoms with E-state index in [1.807, 2.05) is 0 Å². The molecule has 1 heterocycles. The van der Waals surface area contributed by atoms with Crippen molar-refractivity contribution in [2.24, 2.45) is 0 Å². The van der Waals surface area contributed by atoms with Gasteiger partial charge in [-0.15, -0.1) is 11.3 Å². The molecule has 0 amide bonds. The monoisotopic (exact) mass is 301 g/mol. The Kier molecular flexibility index (Phi) is 3.83. The minimum absolute atomic E-state index is 0.0250. The molecule has 0 unspecified atom stereocenters. The van der Waals surface area contributed by atoms with E-state index in [9.17, 15) is 12.8 Å². The number of thiazole rings is 1. The van der Waals surface area contributed by atoms with E-state index in [-0.39, 0.29) is 17.1 Å². The molecule has 3 N–H and O–H groups in total. The third-order valence-electron chi connectivity index (χ3n) is 2.48. The fourth-order valence-corrected chi connectivity index (χ4v) is 3.43. The van der Waals surface area contributed by atoms with Crippen LogP contribution >= 0.6 is 11.3 Å². The summed E-state index contributed by atoms with van der Waals surface area (Å²) in [5.41, 5.74) is 5.51. The van der Waals surface area contributed by atoms with E-state index in [4.69, 9.17) is 5.73 Å². The second kappa shape index (κ2) is 5.24. The van der Waals surface area contributed by atoms with Gasteiger partial charge in [-0.3, -0.25) is 0 Å². The van der Waals surface area contributed by atoms with Crippen LogP contribution in [0.3, 0.4) is 0 Å². The number of benzene rings is 1. The molecular formula is C11H12FN3O2S2. The molecule has 2 aromatic rings. The van der Waals surface area contributed by atoms with Crippen molar-refractivity contribution in [3.05, 3.63) is 40.1 Å². The lowest BCUT2D eigenvalue weighted by Gasteiger charge is -2.09. The van der Waals surface area contributed by atoms with Crippen LogP contribution < -0.4 is 10.5 Å². The number of nitrogens with zero attached hydrogens (tertiary/aromatic N) is 1. The first-order valence-corrected chi connectivity index (χ1v) is 7.70. The molecule has 8 heteroatoms. The van der Waals surface area contributed by atoms with E-state index in [0.29, 0.717) is 10.6 Å². The van der Waals surface area contributed by atoms with Gasteiger partial charge in [-0.1, -0.05) is 0 Å². The largest absolute Gasteiger partial charge is 0.396 e. The van der Waals surface area contributed by atoms with Gasteiger partial charge in [-0.2, -0.15) is 0 Å². The number of anilines is 1. The van der Waals surface area contributed by atoms with Crippen molar-refractivity contribution in [3.8, 4) is 0 Å². The predicted octanol–water partition coefficient (Wildman–Crippen LogP) is 1.65. The zero-order valence-corrected chi connectivity index (χ0v) is 11.7. The summed E-state index contributed by atoms with van der Waals surface area (Å²) >= 11 is 1.35. The van der Waals surface area contributed by atoms with Gasteiger partial charge >= 0.3 is 0 Å². The second-order valence-corrected chi connectivity index (χ2v) is 6.60. The summed E-state index contributed by atoms with van der Waals surface area (Å²) < 4.78 is 39.8. The van der Waals surface area contributed by atoms with Gasteiger partial charge in [0.15, 0.2) is 0 Å². The van der Waals surface area contributed by atoms with Crippen LogP contribution in [0.5, 0.6) is 0 Å². The number of halogens is 1. The first-order valence-electron chi connectivity index (χ1n) is 5.34. The summed E-state index contributed by atoms with van der Waals surface area (Å²) in [7, 11) is -3.74. The molecule has 0 aliphatic carbocycles. The molecule has 1 aromatic heterocycles. The highest BCUT2D eigenvalue weighted by Crippen LogP contribution is 2.21. The molecule has 102 valence electrons. The van der Waals surface area contributed by atoms with Crippen molar-refractivity contribution in [2.45, 2.75) is 18.4 Å². The van der Waals surface area contributed by atoms with Gasteiger partial charge in [0.05, 0.1) is 17.1 Å². The maximum absolute atomic E-state index is 13.2. The quantitative estimate of drug-likeness (QED) is 0.841. The third-order valence-corrected chi connectivity index (χ3v) is 4.80. The summed E-state index contributed by atoms with van der Waals surface area (Å²) in [6.45, 7) is 1.61. The minimum Gasteiger partial charge on any atom is -0.396 e. The Bertz CT molecular complexity index is 684. The highest BCUT2D eigenvalue weighted by Gasteiger charge is 2.19. The highest BCUT2D eigenvalue weighted by atomic mass is 32.2. The number of aryl methyl sites for hydroxylation is 1. The van der Waals surface area contributed by atoms with Crippen LogP contribution in [0.1, 0.15) is 10.6 Å². The van der Waals surface area contributed by atoms with Crippen LogP contribution in [0.2, 0.25) is 0 Å². The van der Waals surface area contributed by atoms with Crippen molar-refractivity contribution < 1.29 is 12.8 Å². The van der Waals surface area contributed by atoms with E-state index in [0.717, 1.165) is 12.1 Å². The standard InChI is InChI=1S/C11H12FN3O2S2/c1-7-4-8(12)9(13)5-10(7)19(16,17)15-6-11-14-2-3-18-11/h2-5,15H,6,13H2,1H3. The lowest BCUT2D eigenvalue weighted by molar-refractivity contribution is 0.579. The number of sulfonamides is 1. The molecule has 0 saturated carbocycles. The lowest BCUT2D eigenvalue weighted by Crippen LogP contribution is -2.24. The Balaban J connectivity index is 2.27. The molecule has 5 nitrogen and oxygen atoms in total. The number of hydrogen-bond acceptors (Lipinski definition) is 5. The zero-order valence-electron chi connectivity index (χ0n) is 10.1. The first-order chi connectivity index (χ1) is 8.90. The van der Waals surface area contributed by atoms with Gasteiger partial charge in [0.2, 0.25) is 10.0 Å². The molecule has 0 aliphatic rings. The van der Waals surface area contributed by atoms with Crippen molar-refractivity contribution in [2.75, 3.05) is 5.73 Å². The summed E-state index contributed by atoms with van der Waals surface area (Å²) in [5.74, 6) is -0.628. The number of rotatable bonds is 4. The maximum atomic E-state index is 13.2. The normalized spacial score (nSPS) is 11.7. The molecule has 19 heavy (non-hydrogen) atoms. The molecule has 0 aliphatic heterocycles. The predicted molar refractivity (Wildman–Crippen MR) is 71.7 cm³/mol. The van der Waals surface area contributed by atoms with Gasteiger partial charge in [0.25, 0.3) is 0 Å². The average Bonchev–Trinajstić information content (AvgIpc) is 2.84. The Morgan fingerprint density at radius 3 is 2.84 bits per heavy atom. The van der Waals surface area contributed by atoms with E-state index >= 15 is 0 Å². The third kappa shape index (κ3) is 3.09. The number of nitrogens with one attached hydrogen (secondary N) is 1. The molecule has 0 fully saturated rings. The van der Waals surface area contributed by atoms with E-state index in [1.165, 1.54) is 18.3 Å². The molecule has 2 rings (SSSR count). The van der Waals surface area contributed by atoms with Crippen molar-refractivity contribution >= 4 is 27.0 Å². The Labute approximate surface area is 114 Å². The Morgan fingerprint density at radius 1 is 1.47 bits per heavy atom. The maximum Gasteiger partial charge on any atom is 0.241 e. The Morgan fingerprint density at radius 2 is 2.21 bits per heavy atom. The smallest absolute Gasteiger partial charge is 0.241 e. The molecular weight excluding hydrogens is 289 g/mol. The molecule has 1 aromatic carbocycles. The fourth-order valence-electron chi connectivity index (χ4n) is 1.53. The SMILES string of the molecule is Cc1cc(F)c(N)cc1S(=O)(=O)NCc1nccs1. The summed E-state index contributed by atoms with van der Waals surface area (Å²) in [6, 6.07) is 2.22. The summed E-state index contributed by atoms with van der Waals surface area (Å²) in [5, 5.41) is 2.40. The molecule has 0 radical (unpaired) electrons. The topological polar surface area (TPSA) is 85.1 Å². The van der Waals surface area contributed by atoms with Crippen LogP contribution in [-0.2, 0) is 16.6 Å². The van der Waals surface area contributed by atoms with Crippen LogP contribution in [0.4, 0.5) is 10.1 Å². The summed E-state index contributed by atoms with van der Waals surface area (Å²) in [4.78, 5) is 3.95. The van der Waals surface area contributed by atoms with Crippen LogP contribution in [0, 0.1) is 12.7 Å². The van der Waals surface area contributed by atoms with Gasteiger partial charge < -0.3 is 5.73 Å². The molecule has 0 saturated heterocycles. The highest BCUT2D eigenvalue weighted by molar-refractivity contribution is 7.89. The van der Waals surface area contributed by atoms with Crippen molar-refractivity contribution in [1.82, 2.24) is 9.71 Å². The summed E-state index contributed by atoms with van der Waals surface area (Å²) in [6.07, 6.45) is 1.59. The van der Waals surface area contributed by atoms with Crippen molar-refractivity contribution in [1.29, 1.82) is 0 Å². The minimum atomic E-state index is -3.74. The second-order valence-electron chi connectivity index (χ2n) is 3.89. The number of hydrogen-bond donors (Lipinski definition) is 2. The van der Waals surface area contributed by atoms with Gasteiger partial charge in [-0.05, 0) is 24.6 Å². The average molecular weight is 301 g/mol. The van der Waals surface area contributed by atoms with E-state index in [1.54, 1.807) is 11.6 Å². The van der Waals surface area contributed by atoms with Crippen molar-refractivity contribution in [3.63, 3.8) is 0 Å². The molecule has 0 atom stereocenters. The van der Waals surface area contributed by atoms with Crippen LogP contribution in [0.25, 0.3) is 0 Å². The van der Waals surface area contributed by atoms with Gasteiger partial charge in [0, 0.05) is 11.6 Å². The number of aromatic nitrogens is 1. The number of nitrogen functional groups attached to an aromatic ring is 1. The molecule has 0 bridgehead atoms. The van der Waals surface area contributed by atoms with E-state index < -0.39 is 15.8 Å². The van der Waals surface area contributed by atoms with Gasteiger partial charge in [0.1, 0.15) is 10.8 Å². The Hall–Kier alpha value is -1.51. The van der Waals surface area contributed by atoms with Crippen LogP contribution in [0.15, 0.2) is 28.6 Å². The first kappa shape index (κ1) is 13.9. The molecule has 0 spiro atoms. The lowest BCUT2D eigenvalue weighted by atomic mass is 10.2. The van der Waals surface area contributed by atoms with Gasteiger partial charge in [-0.25, -0.2) is 22.5 Å².